The third-order valence-corrected chi connectivity index (χ3v) is 0. The first kappa shape index (κ1) is 15.7. The Balaban J connectivity index is -0.0000000800. The van der Waals surface area contributed by atoms with Crippen molar-refractivity contribution in [1.82, 2.24) is 0 Å². The number of hydrogen-bond acceptors (Lipinski definition) is 3. The Morgan fingerprint density at radius 2 is 1.43 bits per heavy atom. The zero-order valence-electron chi connectivity index (χ0n) is 3.18. The van der Waals surface area contributed by atoms with Gasteiger partial charge >= 0.3 is 17.1 Å². The van der Waals surface area contributed by atoms with Crippen LogP contribution in [0.1, 0.15) is 0 Å². The molecule has 4 nitrogen and oxygen atoms in total. The first-order chi connectivity index (χ1) is 2.00. The predicted molar refractivity (Wildman–Crippen MR) is 20.9 cm³/mol. The zero-order chi connectivity index (χ0) is 4.50. The second-order valence-electron chi connectivity index (χ2n) is 0.469. The maximum Gasteiger partial charge on any atom is 2.00 e. The van der Waals surface area contributed by atoms with Crippen LogP contribution in [0.3, 0.4) is 0 Å². The fraction of sp³-hybridized carbons (Fsp3) is 0. The van der Waals surface area contributed by atoms with Gasteiger partial charge in [0.2, 0.25) is 0 Å². The molecule has 46 valence electrons. The van der Waals surface area contributed by atoms with Crippen LogP contribution in [0.2, 0.25) is 0 Å². The molecule has 0 radical (unpaired) electrons. The minimum atomic E-state index is -5.14. The van der Waals surface area contributed by atoms with Gasteiger partial charge in [0.15, 0.2) is 0 Å². The predicted octanol–water partition coefficient (Wildman–Crippen LogP) is -2.14. The smallest absolute Gasteiger partial charge is 0.790 e. The van der Waals surface area contributed by atoms with Gasteiger partial charge in [-0.25, -0.2) is 0 Å². The topological polar surface area (TPSA) is 83.4 Å². The van der Waals surface area contributed by atoms with Crippen molar-refractivity contribution in [3.63, 3.8) is 0 Å². The van der Waals surface area contributed by atoms with Gasteiger partial charge in [-0.2, -0.15) is 9.90 Å². The monoisotopic (exact) mass is 186 g/mol. The van der Waals surface area contributed by atoms with Crippen LogP contribution in [0.15, 0.2) is 0 Å². The minimum Gasteiger partial charge on any atom is -0.790 e. The van der Waals surface area contributed by atoms with E-state index < -0.39 is 7.82 Å². The molecule has 0 bridgehead atoms. The fourth-order valence-corrected chi connectivity index (χ4v) is 0. The average Bonchev–Trinajstić information content (AvgIpc) is 0.722. The summed E-state index contributed by atoms with van der Waals surface area (Å²) in [6.45, 7) is 0. The van der Waals surface area contributed by atoms with Crippen LogP contribution < -0.4 is 9.79 Å². The van der Waals surface area contributed by atoms with Crippen molar-refractivity contribution in [2.45, 2.75) is 0 Å². The molecule has 0 heterocycles. The van der Waals surface area contributed by atoms with E-state index in [1.807, 2.05) is 0 Å². The van der Waals surface area contributed by atoms with E-state index in [4.69, 9.17) is 19.2 Å². The van der Waals surface area contributed by atoms with Crippen LogP contribution in [0, 0.1) is 0 Å². The van der Waals surface area contributed by atoms with E-state index in [1.54, 1.807) is 0 Å². The van der Waals surface area contributed by atoms with E-state index in [1.165, 1.54) is 0 Å². The molecule has 7 heavy (non-hydrogen) atoms. The maximum absolute atomic E-state index is 8.66. The Labute approximate surface area is 54.7 Å². The van der Waals surface area contributed by atoms with Gasteiger partial charge in [-0.05, 0) is 0 Å². The van der Waals surface area contributed by atoms with Gasteiger partial charge in [0.1, 0.15) is 0 Å². The van der Waals surface area contributed by atoms with E-state index in [9.17, 15) is 0 Å². The molecule has 1 unspecified atom stereocenters. The first-order valence-electron chi connectivity index (χ1n) is 0.748. The molecule has 0 fully saturated rings. The molecule has 0 spiro atoms. The van der Waals surface area contributed by atoms with E-state index in [2.05, 4.69) is 0 Å². The van der Waals surface area contributed by atoms with Crippen LogP contribution in [-0.4, -0.2) is 4.89 Å². The van der Waals surface area contributed by atoms with Crippen molar-refractivity contribution >= 4 is 17.7 Å². The van der Waals surface area contributed by atoms with Crippen LogP contribution >= 0.6 is 17.7 Å². The maximum atomic E-state index is 8.66. The molecule has 0 aromatic heterocycles. The SMILES string of the molecule is O=P([O-])([O-])O.P.[Fe+2]. The van der Waals surface area contributed by atoms with Crippen molar-refractivity contribution in [2.75, 3.05) is 0 Å². The van der Waals surface area contributed by atoms with Gasteiger partial charge in [-0.1, -0.05) is 0 Å². The van der Waals surface area contributed by atoms with Crippen molar-refractivity contribution in [3.05, 3.63) is 0 Å². The van der Waals surface area contributed by atoms with Gasteiger partial charge in [0.05, 0.1) is 7.82 Å². The summed E-state index contributed by atoms with van der Waals surface area (Å²) < 4.78 is 8.66. The number of hydrogen-bond donors (Lipinski definition) is 1. The van der Waals surface area contributed by atoms with Crippen molar-refractivity contribution in [2.24, 2.45) is 0 Å². The third kappa shape index (κ3) is 161. The quantitative estimate of drug-likeness (QED) is 0.345. The van der Waals surface area contributed by atoms with Gasteiger partial charge < -0.3 is 19.2 Å². The Hall–Kier alpha value is 1.06. The molecule has 1 atom stereocenters. The van der Waals surface area contributed by atoms with E-state index in [0.29, 0.717) is 0 Å². The van der Waals surface area contributed by atoms with Gasteiger partial charge in [0, 0.05) is 0 Å². The molecule has 0 aliphatic carbocycles. The molecule has 1 N–H and O–H groups in total. The van der Waals surface area contributed by atoms with Crippen molar-refractivity contribution < 1.29 is 36.3 Å². The second-order valence-corrected chi connectivity index (χ2v) is 1.41. The van der Waals surface area contributed by atoms with Crippen LogP contribution in [0.5, 0.6) is 0 Å². The Morgan fingerprint density at radius 1 is 1.43 bits per heavy atom. The molecular formula is H4FeO4P2. The molecular weight excluding hydrogens is 182 g/mol. The summed E-state index contributed by atoms with van der Waals surface area (Å²) in [5.74, 6) is 0. The molecule has 7 heteroatoms. The summed E-state index contributed by atoms with van der Waals surface area (Å²) in [4.78, 5) is 24.3. The van der Waals surface area contributed by atoms with Gasteiger partial charge in [-0.3, -0.25) is 0 Å². The molecule has 0 aromatic carbocycles. The normalized spacial score (nSPS) is 8.43. The number of rotatable bonds is 0. The summed E-state index contributed by atoms with van der Waals surface area (Å²) in [6, 6.07) is 0. The summed E-state index contributed by atoms with van der Waals surface area (Å²) in [6.07, 6.45) is 0. The average molecular weight is 186 g/mol. The first-order valence-corrected chi connectivity index (χ1v) is 2.24. The van der Waals surface area contributed by atoms with Crippen molar-refractivity contribution in [1.29, 1.82) is 0 Å². The summed E-state index contributed by atoms with van der Waals surface area (Å²) in [7, 11) is -5.14. The molecule has 0 aliphatic heterocycles. The fourth-order valence-electron chi connectivity index (χ4n) is 0. The molecule has 0 amide bonds. The van der Waals surface area contributed by atoms with E-state index in [-0.39, 0.29) is 27.0 Å². The van der Waals surface area contributed by atoms with E-state index >= 15 is 0 Å². The summed E-state index contributed by atoms with van der Waals surface area (Å²) in [5, 5.41) is 0. The zero-order valence-corrected chi connectivity index (χ0v) is 6.59. The van der Waals surface area contributed by atoms with Gasteiger partial charge in [-0.15, -0.1) is 0 Å². The molecule has 0 aliphatic rings. The molecule has 0 saturated heterocycles. The molecule has 0 saturated carbocycles. The van der Waals surface area contributed by atoms with E-state index in [0.717, 1.165) is 0 Å². The summed E-state index contributed by atoms with van der Waals surface area (Å²) in [5.41, 5.74) is 0. The standard InChI is InChI=1S/Fe.H3O4P.H3P/c;1-5(2,3)4;/h;(H3,1,2,3,4);1H3/q+2;;/p-2. The summed E-state index contributed by atoms with van der Waals surface area (Å²) >= 11 is 0. The largest absolute Gasteiger partial charge is 2.00 e. The van der Waals surface area contributed by atoms with Crippen LogP contribution in [-0.2, 0) is 21.6 Å². The van der Waals surface area contributed by atoms with Crippen molar-refractivity contribution in [3.8, 4) is 0 Å². The van der Waals surface area contributed by atoms with Crippen LogP contribution in [0.4, 0.5) is 0 Å². The Morgan fingerprint density at radius 3 is 1.43 bits per heavy atom. The minimum absolute atomic E-state index is 0. The Bertz CT molecular complexity index is 55.8. The van der Waals surface area contributed by atoms with Crippen LogP contribution in [0.25, 0.3) is 0 Å². The molecule has 0 aromatic rings. The molecule has 0 rings (SSSR count). The second kappa shape index (κ2) is 5.20. The Kier molecular flexibility index (Phi) is 11.7. The number of phosphoric acid groups is 1. The van der Waals surface area contributed by atoms with Gasteiger partial charge in [0.25, 0.3) is 0 Å². The third-order valence-electron chi connectivity index (χ3n) is 0.